The van der Waals surface area contributed by atoms with Crippen LogP contribution in [0.4, 0.5) is 10.1 Å². The van der Waals surface area contributed by atoms with Gasteiger partial charge in [0.2, 0.25) is 5.95 Å². The van der Waals surface area contributed by atoms with Gasteiger partial charge in [-0.2, -0.15) is 4.39 Å². The zero-order valence-corrected chi connectivity index (χ0v) is 26.0. The number of nitrogens with zero attached hydrogens (tertiary/aromatic N) is 3. The summed E-state index contributed by atoms with van der Waals surface area (Å²) >= 11 is 0. The lowest BCUT2D eigenvalue weighted by molar-refractivity contribution is -0.141. The van der Waals surface area contributed by atoms with Crippen LogP contribution in [-0.4, -0.2) is 50.0 Å². The number of rotatable bonds is 8. The van der Waals surface area contributed by atoms with Gasteiger partial charge in [0.1, 0.15) is 0 Å². The van der Waals surface area contributed by atoms with E-state index in [1.807, 2.05) is 4.68 Å². The summed E-state index contributed by atoms with van der Waals surface area (Å²) in [7, 11) is 3.46. The van der Waals surface area contributed by atoms with Gasteiger partial charge in [-0.15, -0.1) is 5.10 Å². The SMILES string of the molecule is COC(OC)C1CCN(c2ccc(C3=C(C(C)C4CC4)CCCc4c3ccc3c4c(F)nn3C3CCCCO3)cc2)CC1. The molecule has 0 N–H and O–H groups in total. The largest absolute Gasteiger partial charge is 0.372 e. The van der Waals surface area contributed by atoms with Gasteiger partial charge in [-0.25, -0.2) is 4.68 Å². The molecule has 7 heteroatoms. The summed E-state index contributed by atoms with van der Waals surface area (Å²) in [6, 6.07) is 13.5. The topological polar surface area (TPSA) is 48.8 Å². The molecule has 0 amide bonds. The molecule has 4 aliphatic rings. The summed E-state index contributed by atoms with van der Waals surface area (Å²) in [4.78, 5) is 2.48. The highest BCUT2D eigenvalue weighted by molar-refractivity contribution is 5.93. The molecule has 2 saturated heterocycles. The fraction of sp³-hybridized carbons (Fsp3) is 0.583. The van der Waals surface area contributed by atoms with Crippen molar-refractivity contribution in [3.63, 3.8) is 0 Å². The summed E-state index contributed by atoms with van der Waals surface area (Å²) in [5.41, 5.74) is 8.53. The predicted molar refractivity (Wildman–Crippen MR) is 169 cm³/mol. The van der Waals surface area contributed by atoms with Crippen molar-refractivity contribution in [2.75, 3.05) is 38.8 Å². The van der Waals surface area contributed by atoms with Gasteiger partial charge >= 0.3 is 0 Å². The third-order valence-corrected chi connectivity index (χ3v) is 10.6. The van der Waals surface area contributed by atoms with Crippen molar-refractivity contribution in [3.05, 3.63) is 64.6 Å². The zero-order valence-electron chi connectivity index (χ0n) is 26.0. The molecule has 3 fully saturated rings. The number of methoxy groups -OCH3 is 2. The molecule has 2 aromatic carbocycles. The lowest BCUT2D eigenvalue weighted by Gasteiger charge is -2.36. The molecule has 2 atom stereocenters. The number of benzene rings is 2. The van der Waals surface area contributed by atoms with Crippen molar-refractivity contribution in [2.24, 2.45) is 17.8 Å². The van der Waals surface area contributed by atoms with Crippen LogP contribution in [0, 0.1) is 23.7 Å². The molecule has 3 aromatic rings. The van der Waals surface area contributed by atoms with E-state index in [-0.39, 0.29) is 18.5 Å². The maximum absolute atomic E-state index is 15.8. The normalized spacial score (nSPS) is 22.7. The van der Waals surface area contributed by atoms with E-state index in [9.17, 15) is 0 Å². The average molecular weight is 588 g/mol. The summed E-state index contributed by atoms with van der Waals surface area (Å²) in [6.45, 7) is 5.12. The Hall–Kier alpha value is -2.74. The number of hydrogen-bond acceptors (Lipinski definition) is 5. The van der Waals surface area contributed by atoms with Crippen LogP contribution in [0.25, 0.3) is 16.5 Å². The first kappa shape index (κ1) is 29.0. The standard InChI is InChI=1S/C36H46FN3O3/c1-23(24-10-11-24)28-7-6-8-29-30(16-17-31-34(29)35(37)38-40(31)32-9-4-5-22-43-32)33(28)25-12-14-27(15-13-25)39-20-18-26(19-21-39)36(41-2)42-3/h12-17,23-24,26,32,36H,4-11,18-22H2,1-3H3. The number of aromatic nitrogens is 2. The first-order chi connectivity index (χ1) is 21.1. The fourth-order valence-corrected chi connectivity index (χ4v) is 8.07. The quantitative estimate of drug-likeness (QED) is 0.251. The highest BCUT2D eigenvalue weighted by atomic mass is 19.1. The minimum atomic E-state index is -0.359. The number of halogens is 1. The second kappa shape index (κ2) is 12.3. The number of piperidine rings is 1. The highest BCUT2D eigenvalue weighted by Crippen LogP contribution is 2.48. The molecule has 2 aliphatic heterocycles. The Morgan fingerprint density at radius 1 is 0.884 bits per heavy atom. The second-order valence-electron chi connectivity index (χ2n) is 13.1. The Balaban J connectivity index is 1.25. The lowest BCUT2D eigenvalue weighted by atomic mass is 9.83. The Labute approximate surface area is 255 Å². The molecule has 7 rings (SSSR count). The minimum absolute atomic E-state index is 0.128. The number of hydrogen-bond donors (Lipinski definition) is 0. The van der Waals surface area contributed by atoms with E-state index in [0.29, 0.717) is 23.8 Å². The van der Waals surface area contributed by atoms with Gasteiger partial charge < -0.3 is 19.1 Å². The molecule has 3 heterocycles. The molecule has 1 aromatic heterocycles. The maximum Gasteiger partial charge on any atom is 0.240 e. The van der Waals surface area contributed by atoms with Crippen molar-refractivity contribution in [2.45, 2.75) is 83.6 Å². The fourth-order valence-electron chi connectivity index (χ4n) is 8.07. The van der Waals surface area contributed by atoms with E-state index >= 15 is 4.39 Å². The monoisotopic (exact) mass is 587 g/mol. The molecule has 2 unspecified atom stereocenters. The van der Waals surface area contributed by atoms with Gasteiger partial charge in [0.15, 0.2) is 12.5 Å². The van der Waals surface area contributed by atoms with Crippen LogP contribution in [-0.2, 0) is 20.6 Å². The molecule has 0 spiro atoms. The van der Waals surface area contributed by atoms with E-state index in [1.54, 1.807) is 19.8 Å². The van der Waals surface area contributed by atoms with Crippen molar-refractivity contribution < 1.29 is 18.6 Å². The van der Waals surface area contributed by atoms with Gasteiger partial charge in [-0.05, 0) is 117 Å². The third-order valence-electron chi connectivity index (χ3n) is 10.6. The lowest BCUT2D eigenvalue weighted by Crippen LogP contribution is -2.39. The number of allylic oxidation sites excluding steroid dienone is 1. The van der Waals surface area contributed by atoms with Gasteiger partial charge in [0, 0.05) is 45.5 Å². The van der Waals surface area contributed by atoms with Crippen LogP contribution in [0.5, 0.6) is 0 Å². The number of aryl methyl sites for hydroxylation is 1. The molecule has 0 bridgehead atoms. The maximum atomic E-state index is 15.8. The van der Waals surface area contributed by atoms with Crippen LogP contribution in [0.2, 0.25) is 0 Å². The van der Waals surface area contributed by atoms with Gasteiger partial charge in [0.05, 0.1) is 10.9 Å². The predicted octanol–water partition coefficient (Wildman–Crippen LogP) is 7.89. The van der Waals surface area contributed by atoms with Gasteiger partial charge in [0.25, 0.3) is 0 Å². The Morgan fingerprint density at radius 2 is 1.65 bits per heavy atom. The molecular weight excluding hydrogens is 541 g/mol. The van der Waals surface area contributed by atoms with Crippen LogP contribution in [0.1, 0.15) is 87.6 Å². The van der Waals surface area contributed by atoms with Crippen LogP contribution in [0.15, 0.2) is 42.0 Å². The van der Waals surface area contributed by atoms with Crippen molar-refractivity contribution in [1.82, 2.24) is 9.78 Å². The Bertz CT molecular complexity index is 1460. The van der Waals surface area contributed by atoms with Gasteiger partial charge in [-0.3, -0.25) is 0 Å². The van der Waals surface area contributed by atoms with Crippen molar-refractivity contribution >= 4 is 22.2 Å². The van der Waals surface area contributed by atoms with E-state index in [0.717, 1.165) is 81.5 Å². The third kappa shape index (κ3) is 5.53. The van der Waals surface area contributed by atoms with Crippen LogP contribution in [0.3, 0.4) is 0 Å². The van der Waals surface area contributed by atoms with E-state index < -0.39 is 0 Å². The molecule has 0 radical (unpaired) electrons. The average Bonchev–Trinajstić information content (AvgIpc) is 3.87. The molecule has 43 heavy (non-hydrogen) atoms. The second-order valence-corrected chi connectivity index (χ2v) is 13.1. The Kier molecular flexibility index (Phi) is 8.32. The molecular formula is C36H46FN3O3. The summed E-state index contributed by atoms with van der Waals surface area (Å²) in [6.07, 6.45) is 10.4. The minimum Gasteiger partial charge on any atom is -0.372 e. The number of fused-ring (bicyclic) bond motifs is 3. The smallest absolute Gasteiger partial charge is 0.240 e. The molecule has 230 valence electrons. The van der Waals surface area contributed by atoms with E-state index in [2.05, 4.69) is 53.3 Å². The van der Waals surface area contributed by atoms with Crippen molar-refractivity contribution in [1.29, 1.82) is 0 Å². The summed E-state index contributed by atoms with van der Waals surface area (Å²) in [5, 5.41) is 5.11. The summed E-state index contributed by atoms with van der Waals surface area (Å²) < 4.78 is 34.7. The summed E-state index contributed by atoms with van der Waals surface area (Å²) in [5.74, 6) is 1.37. The van der Waals surface area contributed by atoms with Crippen molar-refractivity contribution in [3.8, 4) is 0 Å². The first-order valence-corrected chi connectivity index (χ1v) is 16.5. The molecule has 6 nitrogen and oxygen atoms in total. The van der Waals surface area contributed by atoms with E-state index in [1.165, 1.54) is 35.2 Å². The molecule has 1 saturated carbocycles. The van der Waals surface area contributed by atoms with E-state index in [4.69, 9.17) is 14.2 Å². The van der Waals surface area contributed by atoms with Crippen LogP contribution >= 0.6 is 0 Å². The van der Waals surface area contributed by atoms with Gasteiger partial charge in [-0.1, -0.05) is 30.7 Å². The molecule has 2 aliphatic carbocycles. The zero-order chi connectivity index (χ0) is 29.5. The number of ether oxygens (including phenoxy) is 3. The Morgan fingerprint density at radius 3 is 2.33 bits per heavy atom. The number of anilines is 1. The highest BCUT2D eigenvalue weighted by Gasteiger charge is 2.34. The van der Waals surface area contributed by atoms with Crippen LogP contribution < -0.4 is 4.90 Å². The first-order valence-electron chi connectivity index (χ1n) is 16.5.